The van der Waals surface area contributed by atoms with Gasteiger partial charge in [0.15, 0.2) is 0 Å². The van der Waals surface area contributed by atoms with Crippen LogP contribution in [0.15, 0.2) is 29.2 Å². The highest BCUT2D eigenvalue weighted by Crippen LogP contribution is 2.37. The van der Waals surface area contributed by atoms with Crippen molar-refractivity contribution in [2.75, 3.05) is 18.0 Å². The fourth-order valence-electron chi connectivity index (χ4n) is 2.25. The predicted molar refractivity (Wildman–Crippen MR) is 67.6 cm³/mol. The molecule has 116 valence electrons. The maximum absolute atomic E-state index is 12.7. The summed E-state index contributed by atoms with van der Waals surface area (Å²) in [6.45, 7) is 0.182. The molecule has 1 aromatic rings. The standard InChI is InChI=1S/C12H12F3NO4S/c13-12(14,15)21(19,20)10-4-2-1-3-9(10)16-6-5-8(7-16)11(17)18/h1-4,8H,5-7H2,(H,17,18). The number of hydrogen-bond acceptors (Lipinski definition) is 4. The van der Waals surface area contributed by atoms with Crippen LogP contribution in [0.5, 0.6) is 0 Å². The maximum Gasteiger partial charge on any atom is 0.501 e. The molecule has 1 aromatic carbocycles. The molecule has 1 N–H and O–H groups in total. The number of halogens is 3. The van der Waals surface area contributed by atoms with Gasteiger partial charge in [-0.3, -0.25) is 4.79 Å². The summed E-state index contributed by atoms with van der Waals surface area (Å²) < 4.78 is 61.2. The number of hydrogen-bond donors (Lipinski definition) is 1. The Kier molecular flexibility index (Phi) is 3.87. The third-order valence-corrected chi connectivity index (χ3v) is 4.87. The van der Waals surface area contributed by atoms with Crippen molar-refractivity contribution < 1.29 is 31.5 Å². The van der Waals surface area contributed by atoms with Gasteiger partial charge >= 0.3 is 11.5 Å². The Hall–Kier alpha value is -1.77. The van der Waals surface area contributed by atoms with E-state index in [1.54, 1.807) is 0 Å². The molecule has 1 aliphatic heterocycles. The topological polar surface area (TPSA) is 74.7 Å². The van der Waals surface area contributed by atoms with Crippen LogP contribution in [0.3, 0.4) is 0 Å². The van der Waals surface area contributed by atoms with Gasteiger partial charge in [0.05, 0.1) is 16.5 Å². The van der Waals surface area contributed by atoms with Gasteiger partial charge in [0.1, 0.15) is 0 Å². The Morgan fingerprint density at radius 3 is 2.43 bits per heavy atom. The third-order valence-electron chi connectivity index (χ3n) is 3.34. The van der Waals surface area contributed by atoms with E-state index in [9.17, 15) is 26.4 Å². The molecule has 0 saturated carbocycles. The second-order valence-corrected chi connectivity index (χ2v) is 6.60. The van der Waals surface area contributed by atoms with Crippen LogP contribution in [0, 0.1) is 5.92 Å². The van der Waals surface area contributed by atoms with Crippen LogP contribution < -0.4 is 4.90 Å². The Bertz CT molecular complexity index is 657. The average molecular weight is 323 g/mol. The van der Waals surface area contributed by atoms with Crippen molar-refractivity contribution >= 4 is 21.5 Å². The molecule has 0 bridgehead atoms. The molecule has 9 heteroatoms. The van der Waals surface area contributed by atoms with Crippen molar-refractivity contribution in [3.8, 4) is 0 Å². The first-order chi connectivity index (χ1) is 9.64. The van der Waals surface area contributed by atoms with E-state index in [1.807, 2.05) is 0 Å². The molecule has 1 fully saturated rings. The molecular weight excluding hydrogens is 311 g/mol. The second kappa shape index (κ2) is 5.21. The molecule has 0 aliphatic carbocycles. The minimum atomic E-state index is -5.47. The first kappa shape index (κ1) is 15.6. The number of anilines is 1. The van der Waals surface area contributed by atoms with Crippen molar-refractivity contribution in [3.63, 3.8) is 0 Å². The zero-order chi connectivity index (χ0) is 15.8. The molecule has 21 heavy (non-hydrogen) atoms. The third kappa shape index (κ3) is 2.82. The fraction of sp³-hybridized carbons (Fsp3) is 0.417. The molecule has 1 unspecified atom stereocenters. The minimum Gasteiger partial charge on any atom is -0.481 e. The average Bonchev–Trinajstić information content (AvgIpc) is 2.87. The molecule has 0 aromatic heterocycles. The number of alkyl halides is 3. The number of benzene rings is 1. The SMILES string of the molecule is O=C(O)C1CCN(c2ccccc2S(=O)(=O)C(F)(F)F)C1. The zero-order valence-corrected chi connectivity index (χ0v) is 11.5. The lowest BCUT2D eigenvalue weighted by Crippen LogP contribution is -2.28. The van der Waals surface area contributed by atoms with Gasteiger partial charge in [0.2, 0.25) is 0 Å². The summed E-state index contributed by atoms with van der Waals surface area (Å²) in [5, 5.41) is 8.91. The molecule has 1 heterocycles. The minimum absolute atomic E-state index is 0.0142. The number of nitrogens with zero attached hydrogens (tertiary/aromatic N) is 1. The molecule has 0 radical (unpaired) electrons. The Labute approximate surface area is 118 Å². The van der Waals surface area contributed by atoms with E-state index in [0.717, 1.165) is 6.07 Å². The van der Waals surface area contributed by atoms with Crippen LogP contribution in [0.25, 0.3) is 0 Å². The van der Waals surface area contributed by atoms with Crippen molar-refractivity contribution in [1.82, 2.24) is 0 Å². The maximum atomic E-state index is 12.7. The number of rotatable bonds is 3. The van der Waals surface area contributed by atoms with Crippen LogP contribution in [-0.4, -0.2) is 38.1 Å². The summed E-state index contributed by atoms with van der Waals surface area (Å²) in [7, 11) is -5.47. The van der Waals surface area contributed by atoms with E-state index in [0.29, 0.717) is 0 Å². The Morgan fingerprint density at radius 1 is 1.29 bits per heavy atom. The van der Waals surface area contributed by atoms with E-state index in [-0.39, 0.29) is 25.2 Å². The van der Waals surface area contributed by atoms with E-state index in [2.05, 4.69) is 0 Å². The summed E-state index contributed by atoms with van der Waals surface area (Å²) in [5.74, 6) is -1.76. The number of carboxylic acid groups (broad SMARTS) is 1. The number of sulfone groups is 1. The van der Waals surface area contributed by atoms with Crippen molar-refractivity contribution in [3.05, 3.63) is 24.3 Å². The lowest BCUT2D eigenvalue weighted by Gasteiger charge is -2.22. The summed E-state index contributed by atoms with van der Waals surface area (Å²) in [4.78, 5) is 11.4. The second-order valence-electron chi connectivity index (χ2n) is 4.69. The van der Waals surface area contributed by atoms with Gasteiger partial charge in [0, 0.05) is 13.1 Å². The normalized spacial score (nSPS) is 19.8. The molecule has 2 rings (SSSR count). The highest BCUT2D eigenvalue weighted by molar-refractivity contribution is 7.92. The number of carbonyl (C=O) groups is 1. The van der Waals surface area contributed by atoms with Gasteiger partial charge in [-0.25, -0.2) is 8.42 Å². The summed E-state index contributed by atoms with van der Waals surface area (Å²) in [6.07, 6.45) is 0.260. The van der Waals surface area contributed by atoms with Gasteiger partial charge in [-0.15, -0.1) is 0 Å². The van der Waals surface area contributed by atoms with Crippen molar-refractivity contribution in [1.29, 1.82) is 0 Å². The molecule has 0 amide bonds. The van der Waals surface area contributed by atoms with Gasteiger partial charge in [-0.2, -0.15) is 13.2 Å². The van der Waals surface area contributed by atoms with Crippen molar-refractivity contribution in [2.45, 2.75) is 16.8 Å². The fourth-order valence-corrected chi connectivity index (χ4v) is 3.23. The highest BCUT2D eigenvalue weighted by Gasteiger charge is 2.48. The first-order valence-corrected chi connectivity index (χ1v) is 7.51. The summed E-state index contributed by atoms with van der Waals surface area (Å²) in [5.41, 5.74) is -5.51. The van der Waals surface area contributed by atoms with Crippen LogP contribution in [0.4, 0.5) is 18.9 Å². The van der Waals surface area contributed by atoms with Gasteiger partial charge < -0.3 is 10.0 Å². The van der Waals surface area contributed by atoms with E-state index in [1.165, 1.54) is 23.1 Å². The number of aliphatic carboxylic acids is 1. The van der Waals surface area contributed by atoms with Crippen LogP contribution in [0.2, 0.25) is 0 Å². The van der Waals surface area contributed by atoms with Gasteiger partial charge in [-0.05, 0) is 18.6 Å². The van der Waals surface area contributed by atoms with E-state index < -0.39 is 32.1 Å². The molecule has 1 aliphatic rings. The van der Waals surface area contributed by atoms with Crippen LogP contribution in [0.1, 0.15) is 6.42 Å². The molecule has 0 spiro atoms. The van der Waals surface area contributed by atoms with Gasteiger partial charge in [0.25, 0.3) is 9.84 Å². The largest absolute Gasteiger partial charge is 0.501 e. The molecule has 1 saturated heterocycles. The van der Waals surface area contributed by atoms with Crippen LogP contribution in [-0.2, 0) is 14.6 Å². The molecule has 1 atom stereocenters. The van der Waals surface area contributed by atoms with E-state index in [4.69, 9.17) is 5.11 Å². The quantitative estimate of drug-likeness (QED) is 0.919. The van der Waals surface area contributed by atoms with Crippen molar-refractivity contribution in [2.24, 2.45) is 5.92 Å². The Morgan fingerprint density at radius 2 is 1.90 bits per heavy atom. The number of para-hydroxylation sites is 1. The Balaban J connectivity index is 2.42. The molecular formula is C12H12F3NO4S. The zero-order valence-electron chi connectivity index (χ0n) is 10.7. The number of carboxylic acids is 1. The predicted octanol–water partition coefficient (Wildman–Crippen LogP) is 1.89. The lowest BCUT2D eigenvalue weighted by atomic mass is 10.1. The highest BCUT2D eigenvalue weighted by atomic mass is 32.2. The first-order valence-electron chi connectivity index (χ1n) is 6.02. The smallest absolute Gasteiger partial charge is 0.481 e. The summed E-state index contributed by atoms with van der Waals surface area (Å²) >= 11 is 0. The molecule has 5 nitrogen and oxygen atoms in total. The van der Waals surface area contributed by atoms with Gasteiger partial charge in [-0.1, -0.05) is 12.1 Å². The van der Waals surface area contributed by atoms with E-state index >= 15 is 0 Å². The monoisotopic (exact) mass is 323 g/mol. The lowest BCUT2D eigenvalue weighted by molar-refractivity contribution is -0.140. The van der Waals surface area contributed by atoms with Crippen LogP contribution >= 0.6 is 0 Å². The summed E-state index contributed by atoms with van der Waals surface area (Å²) in [6, 6.07) is 4.75.